The number of aliphatic carboxylic acids is 1. The van der Waals surface area contributed by atoms with Crippen LogP contribution in [0, 0.1) is 6.92 Å². The molecule has 0 amide bonds. The number of hydrogen-bond acceptors (Lipinski definition) is 3. The third-order valence-corrected chi connectivity index (χ3v) is 4.35. The van der Waals surface area contributed by atoms with Crippen LogP contribution in [0.5, 0.6) is 0 Å². The SMILES string of the molecule is Cc1c2c(nc3ccccc13)CCN(CCC(=O)O)CC2.Cl.Cl. The van der Waals surface area contributed by atoms with Gasteiger partial charge in [0.1, 0.15) is 0 Å². The minimum atomic E-state index is -0.725. The third kappa shape index (κ3) is 4.34. The molecule has 0 fully saturated rings. The van der Waals surface area contributed by atoms with E-state index in [0.29, 0.717) is 6.54 Å². The number of benzene rings is 1. The summed E-state index contributed by atoms with van der Waals surface area (Å²) in [6.45, 7) is 4.61. The lowest BCUT2D eigenvalue weighted by Crippen LogP contribution is -2.28. The second kappa shape index (κ2) is 8.48. The topological polar surface area (TPSA) is 53.4 Å². The maximum absolute atomic E-state index is 10.7. The summed E-state index contributed by atoms with van der Waals surface area (Å²) < 4.78 is 0. The quantitative estimate of drug-likeness (QED) is 0.916. The Labute approximate surface area is 148 Å². The number of hydrogen-bond donors (Lipinski definition) is 1. The zero-order valence-corrected chi connectivity index (χ0v) is 14.8. The van der Waals surface area contributed by atoms with Crippen LogP contribution in [0.3, 0.4) is 0 Å². The first-order chi connectivity index (χ1) is 10.1. The van der Waals surface area contributed by atoms with Crippen LogP contribution in [0.2, 0.25) is 0 Å². The number of carboxylic acids is 1. The highest BCUT2D eigenvalue weighted by Crippen LogP contribution is 2.25. The van der Waals surface area contributed by atoms with Crippen LogP contribution < -0.4 is 0 Å². The van der Waals surface area contributed by atoms with Gasteiger partial charge in [-0.2, -0.15) is 0 Å². The number of carbonyl (C=O) groups is 1. The van der Waals surface area contributed by atoms with Crippen molar-refractivity contribution in [3.8, 4) is 0 Å². The first kappa shape index (κ1) is 19.7. The molecule has 6 heteroatoms. The molecule has 1 aromatic carbocycles. The number of aromatic nitrogens is 1. The molecule has 126 valence electrons. The average Bonchev–Trinajstić information content (AvgIpc) is 2.68. The molecule has 4 nitrogen and oxygen atoms in total. The Morgan fingerprint density at radius 2 is 1.91 bits per heavy atom. The Balaban J connectivity index is 0.00000132. The van der Waals surface area contributed by atoms with Gasteiger partial charge in [0.15, 0.2) is 0 Å². The van der Waals surface area contributed by atoms with E-state index in [-0.39, 0.29) is 31.2 Å². The predicted octanol–water partition coefficient (Wildman–Crippen LogP) is 3.26. The van der Waals surface area contributed by atoms with Crippen molar-refractivity contribution >= 4 is 41.7 Å². The molecule has 2 aromatic rings. The molecular formula is C17H22Cl2N2O2. The van der Waals surface area contributed by atoms with E-state index in [1.54, 1.807) is 0 Å². The van der Waals surface area contributed by atoms with Crippen molar-refractivity contribution in [3.63, 3.8) is 0 Å². The van der Waals surface area contributed by atoms with Crippen molar-refractivity contribution in [2.75, 3.05) is 19.6 Å². The maximum atomic E-state index is 10.7. The van der Waals surface area contributed by atoms with E-state index in [4.69, 9.17) is 10.1 Å². The van der Waals surface area contributed by atoms with Gasteiger partial charge in [-0.05, 0) is 30.5 Å². The fourth-order valence-corrected chi connectivity index (χ4v) is 3.14. The molecule has 0 bridgehead atoms. The van der Waals surface area contributed by atoms with Gasteiger partial charge in [0.25, 0.3) is 0 Å². The second-order valence-electron chi connectivity index (χ2n) is 5.66. The summed E-state index contributed by atoms with van der Waals surface area (Å²) in [5.74, 6) is -0.725. The molecule has 0 unspecified atom stereocenters. The van der Waals surface area contributed by atoms with Gasteiger partial charge < -0.3 is 10.0 Å². The summed E-state index contributed by atoms with van der Waals surface area (Å²) in [6.07, 6.45) is 2.07. The first-order valence-electron chi connectivity index (χ1n) is 7.46. The van der Waals surface area contributed by atoms with Gasteiger partial charge >= 0.3 is 5.97 Å². The lowest BCUT2D eigenvalue weighted by molar-refractivity contribution is -0.137. The minimum absolute atomic E-state index is 0. The number of para-hydroxylation sites is 1. The zero-order valence-electron chi connectivity index (χ0n) is 13.1. The van der Waals surface area contributed by atoms with E-state index in [1.807, 2.05) is 6.07 Å². The van der Waals surface area contributed by atoms with Crippen molar-refractivity contribution in [1.29, 1.82) is 0 Å². The molecule has 0 saturated carbocycles. The summed E-state index contributed by atoms with van der Waals surface area (Å²) in [5.41, 5.74) is 4.93. The Kier molecular flexibility index (Phi) is 7.26. The molecule has 1 aliphatic rings. The summed E-state index contributed by atoms with van der Waals surface area (Å²) in [7, 11) is 0. The van der Waals surface area contributed by atoms with Gasteiger partial charge in [0, 0.05) is 37.1 Å². The number of rotatable bonds is 3. The molecule has 2 heterocycles. The molecule has 0 aliphatic carbocycles. The minimum Gasteiger partial charge on any atom is -0.481 e. The predicted molar refractivity (Wildman–Crippen MR) is 97.1 cm³/mol. The van der Waals surface area contributed by atoms with Gasteiger partial charge in [-0.25, -0.2) is 0 Å². The highest BCUT2D eigenvalue weighted by atomic mass is 35.5. The maximum Gasteiger partial charge on any atom is 0.304 e. The summed E-state index contributed by atoms with van der Waals surface area (Å²) in [5, 5.41) is 10.1. The van der Waals surface area contributed by atoms with Crippen molar-refractivity contribution in [2.45, 2.75) is 26.2 Å². The van der Waals surface area contributed by atoms with Crippen LogP contribution >= 0.6 is 24.8 Å². The lowest BCUT2D eigenvalue weighted by Gasteiger charge is -2.18. The van der Waals surface area contributed by atoms with Crippen LogP contribution in [0.4, 0.5) is 0 Å². The van der Waals surface area contributed by atoms with Gasteiger partial charge in [0.05, 0.1) is 11.9 Å². The molecule has 1 aromatic heterocycles. The van der Waals surface area contributed by atoms with E-state index >= 15 is 0 Å². The highest BCUT2D eigenvalue weighted by Gasteiger charge is 2.18. The third-order valence-electron chi connectivity index (χ3n) is 4.35. The fourth-order valence-electron chi connectivity index (χ4n) is 3.14. The van der Waals surface area contributed by atoms with Gasteiger partial charge in [-0.3, -0.25) is 9.78 Å². The van der Waals surface area contributed by atoms with Gasteiger partial charge in [0.2, 0.25) is 0 Å². The molecule has 3 rings (SSSR count). The summed E-state index contributed by atoms with van der Waals surface area (Å²) >= 11 is 0. The molecule has 0 saturated heterocycles. The lowest BCUT2D eigenvalue weighted by atomic mass is 9.99. The molecule has 0 atom stereocenters. The Morgan fingerprint density at radius 1 is 1.22 bits per heavy atom. The normalized spacial score (nSPS) is 14.3. The van der Waals surface area contributed by atoms with Crippen molar-refractivity contribution in [2.24, 2.45) is 0 Å². The number of pyridine rings is 1. The Hall–Kier alpha value is -1.36. The molecule has 23 heavy (non-hydrogen) atoms. The number of nitrogens with zero attached hydrogens (tertiary/aromatic N) is 2. The Morgan fingerprint density at radius 3 is 2.65 bits per heavy atom. The largest absolute Gasteiger partial charge is 0.481 e. The number of halogens is 2. The van der Waals surface area contributed by atoms with Crippen LogP contribution in [0.15, 0.2) is 24.3 Å². The molecule has 1 aliphatic heterocycles. The monoisotopic (exact) mass is 356 g/mol. The van der Waals surface area contributed by atoms with Gasteiger partial charge in [-0.1, -0.05) is 18.2 Å². The number of fused-ring (bicyclic) bond motifs is 2. The van der Waals surface area contributed by atoms with E-state index in [0.717, 1.165) is 31.4 Å². The van der Waals surface area contributed by atoms with Crippen molar-refractivity contribution in [3.05, 3.63) is 41.1 Å². The standard InChI is InChI=1S/C17H20N2O2.2ClH/c1-12-13-4-2-3-5-15(13)18-16-7-10-19(9-6-14(12)16)11-8-17(20)21;;/h2-5H,6-11H2,1H3,(H,20,21);2*1H. The summed E-state index contributed by atoms with van der Waals surface area (Å²) in [4.78, 5) is 17.8. The second-order valence-corrected chi connectivity index (χ2v) is 5.66. The number of carboxylic acid groups (broad SMARTS) is 1. The van der Waals surface area contributed by atoms with E-state index in [1.165, 1.54) is 22.2 Å². The highest BCUT2D eigenvalue weighted by molar-refractivity contribution is 5.85. The van der Waals surface area contributed by atoms with Crippen LogP contribution in [-0.4, -0.2) is 40.6 Å². The van der Waals surface area contributed by atoms with Crippen LogP contribution in [0.25, 0.3) is 10.9 Å². The van der Waals surface area contributed by atoms with Crippen molar-refractivity contribution in [1.82, 2.24) is 9.88 Å². The molecule has 1 N–H and O–H groups in total. The molecule has 0 spiro atoms. The zero-order chi connectivity index (χ0) is 14.8. The first-order valence-corrected chi connectivity index (χ1v) is 7.46. The molecule has 0 radical (unpaired) electrons. The Bertz CT molecular complexity index is 692. The van der Waals surface area contributed by atoms with Gasteiger partial charge in [-0.15, -0.1) is 24.8 Å². The van der Waals surface area contributed by atoms with Crippen molar-refractivity contribution < 1.29 is 9.90 Å². The van der Waals surface area contributed by atoms with E-state index < -0.39 is 5.97 Å². The molecular weight excluding hydrogens is 335 g/mol. The van der Waals surface area contributed by atoms with Crippen LogP contribution in [0.1, 0.15) is 23.2 Å². The smallest absolute Gasteiger partial charge is 0.304 e. The fraction of sp³-hybridized carbons (Fsp3) is 0.412. The average molecular weight is 357 g/mol. The summed E-state index contributed by atoms with van der Waals surface area (Å²) in [6, 6.07) is 8.27. The van der Waals surface area contributed by atoms with E-state index in [9.17, 15) is 4.79 Å². The van der Waals surface area contributed by atoms with E-state index in [2.05, 4.69) is 30.0 Å². The van der Waals surface area contributed by atoms with Crippen LogP contribution in [-0.2, 0) is 17.6 Å². The number of aryl methyl sites for hydroxylation is 1.